The molecule has 2 unspecified atom stereocenters. The van der Waals surface area contributed by atoms with Crippen LogP contribution < -0.4 is 5.32 Å². The first-order valence-corrected chi connectivity index (χ1v) is 6.85. The summed E-state index contributed by atoms with van der Waals surface area (Å²) in [4.78, 5) is 14.0. The number of amides is 1. The number of likely N-dealkylation sites (tertiary alicyclic amines) is 1. The van der Waals surface area contributed by atoms with Crippen molar-refractivity contribution >= 4 is 5.91 Å². The Labute approximate surface area is 104 Å². The highest BCUT2D eigenvalue weighted by molar-refractivity contribution is 5.78. The molecular formula is C13H24N2O2. The lowest BCUT2D eigenvalue weighted by Gasteiger charge is -2.28. The first-order valence-electron chi connectivity index (χ1n) is 6.85. The molecule has 2 fully saturated rings. The number of carbonyl (C=O) groups excluding carboxylic acids is 1. The van der Waals surface area contributed by atoms with Crippen molar-refractivity contribution in [1.82, 2.24) is 10.2 Å². The molecule has 1 heterocycles. The van der Waals surface area contributed by atoms with E-state index in [0.717, 1.165) is 38.8 Å². The molecule has 1 N–H and O–H groups in total. The molecule has 1 saturated heterocycles. The predicted molar refractivity (Wildman–Crippen MR) is 66.9 cm³/mol. The van der Waals surface area contributed by atoms with Crippen LogP contribution in [0.25, 0.3) is 0 Å². The van der Waals surface area contributed by atoms with Crippen molar-refractivity contribution in [3.05, 3.63) is 0 Å². The van der Waals surface area contributed by atoms with Crippen LogP contribution in [0.4, 0.5) is 0 Å². The highest BCUT2D eigenvalue weighted by atomic mass is 16.5. The third kappa shape index (κ3) is 3.42. The summed E-state index contributed by atoms with van der Waals surface area (Å²) in [5, 5.41) is 3.36. The van der Waals surface area contributed by atoms with E-state index in [-0.39, 0.29) is 5.91 Å². The van der Waals surface area contributed by atoms with E-state index in [2.05, 4.69) is 5.32 Å². The summed E-state index contributed by atoms with van der Waals surface area (Å²) in [7, 11) is 1.76. The molecule has 0 aromatic heterocycles. The molecule has 2 rings (SSSR count). The molecule has 17 heavy (non-hydrogen) atoms. The number of hydrogen-bond acceptors (Lipinski definition) is 3. The molecular weight excluding hydrogens is 216 g/mol. The van der Waals surface area contributed by atoms with E-state index >= 15 is 0 Å². The maximum atomic E-state index is 12.0. The first-order chi connectivity index (χ1) is 8.31. The minimum atomic E-state index is 0.256. The average Bonchev–Trinajstić information content (AvgIpc) is 2.84. The van der Waals surface area contributed by atoms with Gasteiger partial charge in [0.1, 0.15) is 0 Å². The highest BCUT2D eigenvalue weighted by Crippen LogP contribution is 2.21. The number of rotatable bonds is 4. The van der Waals surface area contributed by atoms with Crippen molar-refractivity contribution in [2.45, 2.75) is 50.7 Å². The topological polar surface area (TPSA) is 41.6 Å². The van der Waals surface area contributed by atoms with Crippen LogP contribution in [0.1, 0.15) is 38.5 Å². The molecule has 1 saturated carbocycles. The quantitative estimate of drug-likeness (QED) is 0.801. The maximum Gasteiger partial charge on any atom is 0.236 e. The third-order valence-electron chi connectivity index (χ3n) is 3.98. The Morgan fingerprint density at radius 1 is 1.24 bits per heavy atom. The summed E-state index contributed by atoms with van der Waals surface area (Å²) in [5.41, 5.74) is 0. The zero-order valence-electron chi connectivity index (χ0n) is 10.8. The third-order valence-corrected chi connectivity index (χ3v) is 3.98. The standard InChI is InChI=1S/C13H24N2O2/c1-17-12-7-5-6-11(12)14-10-13(16)15-8-3-2-4-9-15/h11-12,14H,2-10H2,1H3. The van der Waals surface area contributed by atoms with E-state index in [1.165, 1.54) is 12.8 Å². The van der Waals surface area contributed by atoms with Crippen molar-refractivity contribution in [1.29, 1.82) is 0 Å². The average molecular weight is 240 g/mol. The number of carbonyl (C=O) groups is 1. The number of piperidine rings is 1. The molecule has 98 valence electrons. The zero-order valence-corrected chi connectivity index (χ0v) is 10.8. The van der Waals surface area contributed by atoms with Gasteiger partial charge in [-0.25, -0.2) is 0 Å². The molecule has 2 atom stereocenters. The molecule has 1 amide bonds. The molecule has 0 aromatic carbocycles. The van der Waals surface area contributed by atoms with E-state index in [4.69, 9.17) is 4.74 Å². The Morgan fingerprint density at radius 3 is 2.71 bits per heavy atom. The van der Waals surface area contributed by atoms with Gasteiger partial charge < -0.3 is 15.0 Å². The van der Waals surface area contributed by atoms with Gasteiger partial charge in [-0.15, -0.1) is 0 Å². The van der Waals surface area contributed by atoms with Gasteiger partial charge in [0.15, 0.2) is 0 Å². The van der Waals surface area contributed by atoms with Gasteiger partial charge in [-0.3, -0.25) is 4.79 Å². The number of ether oxygens (including phenoxy) is 1. The highest BCUT2D eigenvalue weighted by Gasteiger charge is 2.27. The van der Waals surface area contributed by atoms with Crippen LogP contribution in [0.3, 0.4) is 0 Å². The lowest BCUT2D eigenvalue weighted by molar-refractivity contribution is -0.131. The van der Waals surface area contributed by atoms with Gasteiger partial charge >= 0.3 is 0 Å². The van der Waals surface area contributed by atoms with Gasteiger partial charge in [0.2, 0.25) is 5.91 Å². The molecule has 0 aromatic rings. The fourth-order valence-corrected chi connectivity index (χ4v) is 2.92. The zero-order chi connectivity index (χ0) is 12.1. The molecule has 2 aliphatic rings. The second kappa shape index (κ2) is 6.36. The van der Waals surface area contributed by atoms with Gasteiger partial charge in [0.05, 0.1) is 12.6 Å². The minimum absolute atomic E-state index is 0.256. The van der Waals surface area contributed by atoms with Crippen molar-refractivity contribution in [2.75, 3.05) is 26.7 Å². The Morgan fingerprint density at radius 2 is 2.00 bits per heavy atom. The van der Waals surface area contributed by atoms with Crippen LogP contribution >= 0.6 is 0 Å². The minimum Gasteiger partial charge on any atom is -0.380 e. The summed E-state index contributed by atoms with van der Waals surface area (Å²) < 4.78 is 5.41. The number of nitrogens with one attached hydrogen (secondary N) is 1. The summed E-state index contributed by atoms with van der Waals surface area (Å²) in [5.74, 6) is 0.256. The Balaban J connectivity index is 1.71. The first kappa shape index (κ1) is 12.8. The largest absolute Gasteiger partial charge is 0.380 e. The van der Waals surface area contributed by atoms with Crippen molar-refractivity contribution in [3.63, 3.8) is 0 Å². The molecule has 0 spiro atoms. The van der Waals surface area contributed by atoms with Gasteiger partial charge in [-0.05, 0) is 38.5 Å². The van der Waals surface area contributed by atoms with E-state index in [0.29, 0.717) is 18.7 Å². The monoisotopic (exact) mass is 240 g/mol. The van der Waals surface area contributed by atoms with Crippen LogP contribution in [0.5, 0.6) is 0 Å². The fourth-order valence-electron chi connectivity index (χ4n) is 2.92. The normalized spacial score (nSPS) is 29.6. The van der Waals surface area contributed by atoms with Crippen LogP contribution in [-0.2, 0) is 9.53 Å². The van der Waals surface area contributed by atoms with Gasteiger partial charge in [-0.2, -0.15) is 0 Å². The summed E-state index contributed by atoms with van der Waals surface area (Å²) in [6.45, 7) is 2.36. The molecule has 1 aliphatic carbocycles. The Hall–Kier alpha value is -0.610. The van der Waals surface area contributed by atoms with Crippen LogP contribution in [-0.4, -0.2) is 49.7 Å². The second-order valence-electron chi connectivity index (χ2n) is 5.13. The summed E-state index contributed by atoms with van der Waals surface area (Å²) >= 11 is 0. The molecule has 1 aliphatic heterocycles. The van der Waals surface area contributed by atoms with Crippen molar-refractivity contribution in [2.24, 2.45) is 0 Å². The SMILES string of the molecule is COC1CCCC1NCC(=O)N1CCCCC1. The van der Waals surface area contributed by atoms with Crippen molar-refractivity contribution in [3.8, 4) is 0 Å². The van der Waals surface area contributed by atoms with E-state index in [1.807, 2.05) is 4.90 Å². The van der Waals surface area contributed by atoms with Gasteiger partial charge in [0.25, 0.3) is 0 Å². The van der Waals surface area contributed by atoms with E-state index < -0.39 is 0 Å². The molecule has 0 radical (unpaired) electrons. The van der Waals surface area contributed by atoms with Crippen LogP contribution in [0, 0.1) is 0 Å². The fraction of sp³-hybridized carbons (Fsp3) is 0.923. The van der Waals surface area contributed by atoms with Crippen LogP contribution in [0.15, 0.2) is 0 Å². The lowest BCUT2D eigenvalue weighted by atomic mass is 10.1. The second-order valence-corrected chi connectivity index (χ2v) is 5.13. The van der Waals surface area contributed by atoms with Gasteiger partial charge in [0, 0.05) is 26.2 Å². The Kier molecular flexibility index (Phi) is 4.80. The predicted octanol–water partition coefficient (Wildman–Crippen LogP) is 1.16. The van der Waals surface area contributed by atoms with Crippen molar-refractivity contribution < 1.29 is 9.53 Å². The summed E-state index contributed by atoms with van der Waals surface area (Å²) in [6, 6.07) is 0.369. The number of methoxy groups -OCH3 is 1. The summed E-state index contributed by atoms with van der Waals surface area (Å²) in [6.07, 6.45) is 7.34. The van der Waals surface area contributed by atoms with Crippen LogP contribution in [0.2, 0.25) is 0 Å². The smallest absolute Gasteiger partial charge is 0.236 e. The molecule has 0 bridgehead atoms. The van der Waals surface area contributed by atoms with E-state index in [1.54, 1.807) is 7.11 Å². The number of hydrogen-bond donors (Lipinski definition) is 1. The lowest BCUT2D eigenvalue weighted by Crippen LogP contribution is -2.45. The van der Waals surface area contributed by atoms with Gasteiger partial charge in [-0.1, -0.05) is 0 Å². The number of nitrogens with zero attached hydrogens (tertiary/aromatic N) is 1. The van der Waals surface area contributed by atoms with E-state index in [9.17, 15) is 4.79 Å². The molecule has 4 heteroatoms. The maximum absolute atomic E-state index is 12.0. The molecule has 4 nitrogen and oxygen atoms in total. The Bertz CT molecular complexity index is 252.